The van der Waals surface area contributed by atoms with E-state index in [0.29, 0.717) is 32.4 Å². The first-order valence-corrected chi connectivity index (χ1v) is 13.1. The van der Waals surface area contributed by atoms with Crippen molar-refractivity contribution in [2.45, 2.75) is 6.61 Å². The van der Waals surface area contributed by atoms with Gasteiger partial charge in [0, 0.05) is 17.8 Å². The monoisotopic (exact) mass is 663 g/mol. The van der Waals surface area contributed by atoms with Crippen molar-refractivity contribution in [3.05, 3.63) is 96.2 Å². The molecule has 1 heterocycles. The van der Waals surface area contributed by atoms with E-state index in [2.05, 4.69) is 5.32 Å². The summed E-state index contributed by atoms with van der Waals surface area (Å²) in [5.41, 5.74) is 1.47. The number of ether oxygens (including phenoxy) is 2. The number of nitrogens with zero attached hydrogens (tertiary/aromatic N) is 2. The van der Waals surface area contributed by atoms with Crippen molar-refractivity contribution in [3.63, 3.8) is 0 Å². The molecule has 0 bridgehead atoms. The predicted octanol–water partition coefficient (Wildman–Crippen LogP) is 5.60. The van der Waals surface area contributed by atoms with Gasteiger partial charge in [-0.3, -0.25) is 29.4 Å². The van der Waals surface area contributed by atoms with E-state index >= 15 is 0 Å². The van der Waals surface area contributed by atoms with Crippen molar-refractivity contribution in [1.82, 2.24) is 4.90 Å². The molecule has 0 saturated carbocycles. The van der Waals surface area contributed by atoms with Gasteiger partial charge in [0.2, 0.25) is 5.91 Å². The van der Waals surface area contributed by atoms with Gasteiger partial charge in [0.05, 0.1) is 20.5 Å². The number of hydrogen-bond donors (Lipinski definition) is 1. The Morgan fingerprint density at radius 2 is 1.92 bits per heavy atom. The van der Waals surface area contributed by atoms with E-state index in [0.717, 1.165) is 16.5 Å². The first-order chi connectivity index (χ1) is 18.6. The average Bonchev–Trinajstić information content (AvgIpc) is 3.15. The van der Waals surface area contributed by atoms with Gasteiger partial charge in [-0.1, -0.05) is 6.07 Å². The Balaban J connectivity index is 1.45. The van der Waals surface area contributed by atoms with Crippen LogP contribution in [0.25, 0.3) is 6.08 Å². The van der Waals surface area contributed by atoms with Crippen LogP contribution in [-0.4, -0.2) is 40.5 Å². The SMILES string of the molecule is COc1cc(/C=C2/SC(=O)N(CC(=O)Nc3cccc(F)c3)C2=O)cc(I)c1OCc1ccc([N+](=O)[O-])cc1. The zero-order valence-corrected chi connectivity index (χ0v) is 23.2. The highest BCUT2D eigenvalue weighted by Gasteiger charge is 2.36. The predicted molar refractivity (Wildman–Crippen MR) is 151 cm³/mol. The molecule has 1 N–H and O–H groups in total. The normalized spacial score (nSPS) is 14.0. The molecular weight excluding hydrogens is 644 g/mol. The Labute approximate surface area is 239 Å². The summed E-state index contributed by atoms with van der Waals surface area (Å²) in [5.74, 6) is -0.990. The van der Waals surface area contributed by atoms with Crippen LogP contribution in [0.15, 0.2) is 65.6 Å². The molecule has 0 aromatic heterocycles. The number of nitrogens with one attached hydrogen (secondary N) is 1. The largest absolute Gasteiger partial charge is 0.493 e. The lowest BCUT2D eigenvalue weighted by molar-refractivity contribution is -0.384. The fourth-order valence-corrected chi connectivity index (χ4v) is 5.15. The number of hydrogen-bond acceptors (Lipinski definition) is 8. The summed E-state index contributed by atoms with van der Waals surface area (Å²) >= 11 is 2.75. The molecular formula is C26H19FIN3O7S. The second-order valence-electron chi connectivity index (χ2n) is 8.07. The minimum Gasteiger partial charge on any atom is -0.493 e. The van der Waals surface area contributed by atoms with Gasteiger partial charge in [-0.2, -0.15) is 0 Å². The molecule has 13 heteroatoms. The molecule has 39 heavy (non-hydrogen) atoms. The van der Waals surface area contributed by atoms with Crippen molar-refractivity contribution in [3.8, 4) is 11.5 Å². The molecule has 1 aliphatic heterocycles. The average molecular weight is 663 g/mol. The van der Waals surface area contributed by atoms with Gasteiger partial charge in [-0.05, 0) is 94.0 Å². The smallest absolute Gasteiger partial charge is 0.294 e. The maximum Gasteiger partial charge on any atom is 0.294 e. The quantitative estimate of drug-likeness (QED) is 0.136. The first-order valence-electron chi connectivity index (χ1n) is 11.2. The Hall–Kier alpha value is -3.98. The molecule has 1 aliphatic rings. The van der Waals surface area contributed by atoms with E-state index in [9.17, 15) is 28.9 Å². The number of carbonyl (C=O) groups excluding carboxylic acids is 3. The van der Waals surface area contributed by atoms with Crippen LogP contribution in [0.2, 0.25) is 0 Å². The standard InChI is InChI=1S/C26H19FIN3O7S/c1-37-21-10-16(9-20(28)24(21)38-14-15-5-7-19(8-6-15)31(35)36)11-22-25(33)30(26(34)39-22)13-23(32)29-18-4-2-3-17(27)12-18/h2-12H,13-14H2,1H3,(H,29,32)/b22-11+. The third kappa shape index (κ3) is 6.92. The number of thioether (sulfide) groups is 1. The van der Waals surface area contributed by atoms with Crippen LogP contribution in [0.4, 0.5) is 20.6 Å². The van der Waals surface area contributed by atoms with E-state index in [1.54, 1.807) is 24.3 Å². The van der Waals surface area contributed by atoms with Crippen LogP contribution in [0.1, 0.15) is 11.1 Å². The number of anilines is 1. The van der Waals surface area contributed by atoms with Crippen molar-refractivity contribution < 1.29 is 33.2 Å². The van der Waals surface area contributed by atoms with Crippen LogP contribution in [0, 0.1) is 19.5 Å². The number of benzene rings is 3. The van der Waals surface area contributed by atoms with E-state index in [1.165, 1.54) is 43.5 Å². The summed E-state index contributed by atoms with van der Waals surface area (Å²) in [6.45, 7) is -0.380. The summed E-state index contributed by atoms with van der Waals surface area (Å²) in [6.07, 6.45) is 1.51. The lowest BCUT2D eigenvalue weighted by Gasteiger charge is -2.14. The van der Waals surface area contributed by atoms with Crippen LogP contribution >= 0.6 is 34.4 Å². The van der Waals surface area contributed by atoms with Gasteiger partial charge in [0.1, 0.15) is 19.0 Å². The molecule has 10 nitrogen and oxygen atoms in total. The number of nitro benzene ring substituents is 1. The molecule has 1 saturated heterocycles. The number of amides is 3. The Morgan fingerprint density at radius 1 is 1.18 bits per heavy atom. The minimum atomic E-state index is -0.644. The van der Waals surface area contributed by atoms with Gasteiger partial charge >= 0.3 is 0 Å². The first kappa shape index (κ1) is 28.0. The van der Waals surface area contributed by atoms with Crippen molar-refractivity contribution in [2.24, 2.45) is 0 Å². The maximum absolute atomic E-state index is 13.4. The Morgan fingerprint density at radius 3 is 2.59 bits per heavy atom. The summed E-state index contributed by atoms with van der Waals surface area (Å²) in [4.78, 5) is 49.0. The van der Waals surface area contributed by atoms with Gasteiger partial charge in [-0.15, -0.1) is 0 Å². The molecule has 0 atom stereocenters. The lowest BCUT2D eigenvalue weighted by atomic mass is 10.1. The topological polar surface area (TPSA) is 128 Å². The van der Waals surface area contributed by atoms with Crippen molar-refractivity contribution >= 4 is 68.9 Å². The molecule has 1 fully saturated rings. The molecule has 4 rings (SSSR count). The highest BCUT2D eigenvalue weighted by molar-refractivity contribution is 14.1. The number of imide groups is 1. The third-order valence-electron chi connectivity index (χ3n) is 5.36. The third-order valence-corrected chi connectivity index (χ3v) is 7.07. The summed E-state index contributed by atoms with van der Waals surface area (Å²) in [7, 11) is 1.46. The van der Waals surface area contributed by atoms with E-state index < -0.39 is 34.3 Å². The van der Waals surface area contributed by atoms with Gasteiger partial charge in [0.25, 0.3) is 16.8 Å². The number of rotatable bonds is 9. The highest BCUT2D eigenvalue weighted by atomic mass is 127. The number of methoxy groups -OCH3 is 1. The number of halogens is 2. The summed E-state index contributed by atoms with van der Waals surface area (Å²) < 4.78 is 25.4. The van der Waals surface area contributed by atoms with Gasteiger partial charge in [-0.25, -0.2) is 4.39 Å². The van der Waals surface area contributed by atoms with E-state index in [1.807, 2.05) is 22.6 Å². The zero-order valence-electron chi connectivity index (χ0n) is 20.2. The molecule has 0 radical (unpaired) electrons. The second-order valence-corrected chi connectivity index (χ2v) is 10.2. The second kappa shape index (κ2) is 12.3. The van der Waals surface area contributed by atoms with Crippen molar-refractivity contribution in [1.29, 1.82) is 0 Å². The van der Waals surface area contributed by atoms with Crippen LogP contribution < -0.4 is 14.8 Å². The maximum atomic E-state index is 13.4. The molecule has 200 valence electrons. The summed E-state index contributed by atoms with van der Waals surface area (Å²) in [6, 6.07) is 14.6. The molecule has 0 aliphatic carbocycles. The summed E-state index contributed by atoms with van der Waals surface area (Å²) in [5, 5.41) is 12.7. The van der Waals surface area contributed by atoms with Crippen LogP contribution in [-0.2, 0) is 16.2 Å². The molecule has 3 aromatic rings. The van der Waals surface area contributed by atoms with Crippen LogP contribution in [0.3, 0.4) is 0 Å². The minimum absolute atomic E-state index is 0.0214. The lowest BCUT2D eigenvalue weighted by Crippen LogP contribution is -2.36. The van der Waals surface area contributed by atoms with E-state index in [4.69, 9.17) is 9.47 Å². The number of nitro groups is 1. The Kier molecular flexibility index (Phi) is 8.81. The molecule has 0 unspecified atom stereocenters. The zero-order chi connectivity index (χ0) is 28.1. The van der Waals surface area contributed by atoms with Gasteiger partial charge < -0.3 is 14.8 Å². The Bertz CT molecular complexity index is 1500. The number of non-ortho nitro benzene ring substituents is 1. The fourth-order valence-electron chi connectivity index (χ4n) is 3.53. The van der Waals surface area contributed by atoms with Gasteiger partial charge in [0.15, 0.2) is 11.5 Å². The number of carbonyl (C=O) groups is 3. The molecule has 0 spiro atoms. The molecule has 3 aromatic carbocycles. The molecule has 3 amide bonds. The fraction of sp³-hybridized carbons (Fsp3) is 0.115. The van der Waals surface area contributed by atoms with Crippen LogP contribution in [0.5, 0.6) is 11.5 Å². The van der Waals surface area contributed by atoms with Crippen molar-refractivity contribution in [2.75, 3.05) is 19.0 Å². The van der Waals surface area contributed by atoms with E-state index in [-0.39, 0.29) is 22.9 Å². The highest BCUT2D eigenvalue weighted by Crippen LogP contribution is 2.37.